The number of hydrogen-bond donors (Lipinski definition) is 1. The molecule has 0 saturated carbocycles. The molecule has 6 nitrogen and oxygen atoms in total. The molecule has 3 aromatic carbocycles. The van der Waals surface area contributed by atoms with E-state index in [2.05, 4.69) is 10.4 Å². The summed E-state index contributed by atoms with van der Waals surface area (Å²) in [7, 11) is 0. The summed E-state index contributed by atoms with van der Waals surface area (Å²) in [5, 5.41) is 6.55. The highest BCUT2D eigenvalue weighted by molar-refractivity contribution is 6.04. The number of rotatable bonds is 9. The minimum atomic E-state index is -1.77. The molecule has 4 aromatic rings. The molecule has 1 N–H and O–H groups in total. The van der Waals surface area contributed by atoms with E-state index in [9.17, 15) is 22.4 Å². The standard InChI is InChI=1S/C26H21F4N3O3/c1-2-35-19-6-8-20(9-7-19)36-15-16-4-3-5-17(10-16)26(34)32-18-12-31-33(13-18)14-21-22(27)11-23(28)25(30)24(21)29/h3-13H,2,14-15H2,1H3,(H,32,34). The number of anilines is 1. The van der Waals surface area contributed by atoms with Crippen LogP contribution in [0.5, 0.6) is 11.5 Å². The Balaban J connectivity index is 1.38. The zero-order valence-corrected chi connectivity index (χ0v) is 19.1. The van der Waals surface area contributed by atoms with Crippen LogP contribution in [0.2, 0.25) is 0 Å². The fraction of sp³-hybridized carbons (Fsp3) is 0.154. The molecule has 186 valence electrons. The molecule has 1 aromatic heterocycles. The Bertz CT molecular complexity index is 1370. The maximum atomic E-state index is 13.9. The molecule has 0 spiro atoms. The normalized spacial score (nSPS) is 10.8. The Morgan fingerprint density at radius 1 is 0.944 bits per heavy atom. The van der Waals surface area contributed by atoms with Gasteiger partial charge in [0.1, 0.15) is 23.9 Å². The van der Waals surface area contributed by atoms with Crippen molar-refractivity contribution in [2.75, 3.05) is 11.9 Å². The number of nitrogens with zero attached hydrogens (tertiary/aromatic N) is 2. The highest BCUT2D eigenvalue weighted by Crippen LogP contribution is 2.21. The Morgan fingerprint density at radius 2 is 1.67 bits per heavy atom. The third-order valence-corrected chi connectivity index (χ3v) is 5.15. The molecule has 1 heterocycles. The van der Waals surface area contributed by atoms with Gasteiger partial charge in [0, 0.05) is 23.4 Å². The molecule has 0 aliphatic heterocycles. The Labute approximate surface area is 204 Å². The zero-order chi connectivity index (χ0) is 25.7. The van der Waals surface area contributed by atoms with E-state index in [1.54, 1.807) is 42.5 Å². The van der Waals surface area contributed by atoms with Crippen molar-refractivity contribution in [3.63, 3.8) is 0 Å². The van der Waals surface area contributed by atoms with Crippen LogP contribution in [0.1, 0.15) is 28.4 Å². The molecule has 1 amide bonds. The van der Waals surface area contributed by atoms with Crippen molar-refractivity contribution in [1.82, 2.24) is 9.78 Å². The van der Waals surface area contributed by atoms with Crippen LogP contribution in [0, 0.1) is 23.3 Å². The van der Waals surface area contributed by atoms with Crippen LogP contribution in [0.3, 0.4) is 0 Å². The van der Waals surface area contributed by atoms with E-state index in [4.69, 9.17) is 9.47 Å². The SMILES string of the molecule is CCOc1ccc(OCc2cccc(C(=O)Nc3cnn(Cc4c(F)cc(F)c(F)c4F)c3)c2)cc1. The molecule has 0 radical (unpaired) electrons. The number of amides is 1. The molecule has 0 atom stereocenters. The highest BCUT2D eigenvalue weighted by Gasteiger charge is 2.19. The predicted molar refractivity (Wildman–Crippen MR) is 124 cm³/mol. The van der Waals surface area contributed by atoms with E-state index in [0.29, 0.717) is 17.9 Å². The molecule has 0 saturated heterocycles. The third-order valence-electron chi connectivity index (χ3n) is 5.15. The van der Waals surface area contributed by atoms with Crippen molar-refractivity contribution in [2.45, 2.75) is 20.1 Å². The van der Waals surface area contributed by atoms with Gasteiger partial charge in [0.15, 0.2) is 17.5 Å². The lowest BCUT2D eigenvalue weighted by Crippen LogP contribution is -2.12. The van der Waals surface area contributed by atoms with Crippen molar-refractivity contribution in [1.29, 1.82) is 0 Å². The van der Waals surface area contributed by atoms with E-state index in [-0.39, 0.29) is 18.4 Å². The summed E-state index contributed by atoms with van der Waals surface area (Å²) in [6.45, 7) is 2.21. The number of hydrogen-bond acceptors (Lipinski definition) is 4. The lowest BCUT2D eigenvalue weighted by Gasteiger charge is -2.09. The van der Waals surface area contributed by atoms with E-state index in [1.165, 1.54) is 12.4 Å². The van der Waals surface area contributed by atoms with Gasteiger partial charge in [-0.2, -0.15) is 5.10 Å². The first kappa shape index (κ1) is 24.8. The average Bonchev–Trinajstić information content (AvgIpc) is 3.32. The number of nitrogens with one attached hydrogen (secondary N) is 1. The van der Waals surface area contributed by atoms with Crippen LogP contribution >= 0.6 is 0 Å². The second-order valence-electron chi connectivity index (χ2n) is 7.72. The Hall–Kier alpha value is -4.34. The van der Waals surface area contributed by atoms with E-state index in [0.717, 1.165) is 16.0 Å². The molecule has 0 unspecified atom stereocenters. The average molecular weight is 499 g/mol. The lowest BCUT2D eigenvalue weighted by atomic mass is 10.1. The molecule has 0 aliphatic carbocycles. The number of carbonyl (C=O) groups is 1. The van der Waals surface area contributed by atoms with Gasteiger partial charge in [0.25, 0.3) is 5.91 Å². The number of benzene rings is 3. The molecule has 0 aliphatic rings. The maximum absolute atomic E-state index is 13.9. The van der Waals surface area contributed by atoms with Gasteiger partial charge >= 0.3 is 0 Å². The maximum Gasteiger partial charge on any atom is 0.255 e. The first-order valence-corrected chi connectivity index (χ1v) is 10.9. The van der Waals surface area contributed by atoms with Crippen LogP contribution in [0.4, 0.5) is 23.2 Å². The van der Waals surface area contributed by atoms with Crippen molar-refractivity contribution < 1.29 is 31.8 Å². The summed E-state index contributed by atoms with van der Waals surface area (Å²) < 4.78 is 66.7. The minimum Gasteiger partial charge on any atom is -0.494 e. The van der Waals surface area contributed by atoms with E-state index in [1.807, 2.05) is 13.0 Å². The fourth-order valence-corrected chi connectivity index (χ4v) is 3.40. The predicted octanol–water partition coefficient (Wildman–Crippen LogP) is 5.72. The van der Waals surface area contributed by atoms with Gasteiger partial charge in [-0.25, -0.2) is 17.6 Å². The van der Waals surface area contributed by atoms with Crippen molar-refractivity contribution >= 4 is 11.6 Å². The molecular weight excluding hydrogens is 478 g/mol. The van der Waals surface area contributed by atoms with Gasteiger partial charge in [-0.15, -0.1) is 0 Å². The third kappa shape index (κ3) is 5.83. The van der Waals surface area contributed by atoms with Gasteiger partial charge in [-0.1, -0.05) is 12.1 Å². The second kappa shape index (κ2) is 10.9. The van der Waals surface area contributed by atoms with Crippen molar-refractivity contribution in [3.05, 3.63) is 107 Å². The molecule has 0 fully saturated rings. The summed E-state index contributed by atoms with van der Waals surface area (Å²) in [5.74, 6) is -5.30. The van der Waals surface area contributed by atoms with Crippen LogP contribution in [-0.2, 0) is 13.2 Å². The van der Waals surface area contributed by atoms with Crippen LogP contribution in [-0.4, -0.2) is 22.3 Å². The summed E-state index contributed by atoms with van der Waals surface area (Å²) in [6.07, 6.45) is 2.59. The van der Waals surface area contributed by atoms with Crippen molar-refractivity contribution in [2.24, 2.45) is 0 Å². The van der Waals surface area contributed by atoms with Crippen LogP contribution < -0.4 is 14.8 Å². The van der Waals surface area contributed by atoms with Crippen molar-refractivity contribution in [3.8, 4) is 11.5 Å². The fourth-order valence-electron chi connectivity index (χ4n) is 3.40. The molecular formula is C26H21F4N3O3. The number of halogens is 4. The number of ether oxygens (including phenoxy) is 2. The Morgan fingerprint density at radius 3 is 2.39 bits per heavy atom. The smallest absolute Gasteiger partial charge is 0.255 e. The van der Waals surface area contributed by atoms with Crippen LogP contribution in [0.25, 0.3) is 0 Å². The zero-order valence-electron chi connectivity index (χ0n) is 19.1. The van der Waals surface area contributed by atoms with Gasteiger partial charge in [0.05, 0.1) is 25.0 Å². The monoisotopic (exact) mass is 499 g/mol. The topological polar surface area (TPSA) is 65.4 Å². The first-order chi connectivity index (χ1) is 17.3. The second-order valence-corrected chi connectivity index (χ2v) is 7.72. The lowest BCUT2D eigenvalue weighted by molar-refractivity contribution is 0.102. The summed E-state index contributed by atoms with van der Waals surface area (Å²) >= 11 is 0. The molecule has 0 bridgehead atoms. The van der Waals surface area contributed by atoms with Crippen LogP contribution in [0.15, 0.2) is 67.0 Å². The first-order valence-electron chi connectivity index (χ1n) is 10.9. The van der Waals surface area contributed by atoms with Gasteiger partial charge < -0.3 is 14.8 Å². The van der Waals surface area contributed by atoms with Gasteiger partial charge in [-0.05, 0) is 48.9 Å². The Kier molecular flexibility index (Phi) is 7.53. The van der Waals surface area contributed by atoms with E-state index < -0.39 is 41.3 Å². The number of aromatic nitrogens is 2. The summed E-state index contributed by atoms with van der Waals surface area (Å²) in [5.41, 5.74) is 0.680. The minimum absolute atomic E-state index is 0.235. The summed E-state index contributed by atoms with van der Waals surface area (Å²) in [6, 6.07) is 14.3. The van der Waals surface area contributed by atoms with E-state index >= 15 is 0 Å². The quantitative estimate of drug-likeness (QED) is 0.182. The highest BCUT2D eigenvalue weighted by atomic mass is 19.2. The van der Waals surface area contributed by atoms with Gasteiger partial charge in [0.2, 0.25) is 0 Å². The van der Waals surface area contributed by atoms with Gasteiger partial charge in [-0.3, -0.25) is 9.48 Å². The molecule has 4 rings (SSSR count). The number of carbonyl (C=O) groups excluding carboxylic acids is 1. The molecule has 36 heavy (non-hydrogen) atoms. The summed E-state index contributed by atoms with van der Waals surface area (Å²) in [4.78, 5) is 12.7. The molecule has 10 heteroatoms. The largest absolute Gasteiger partial charge is 0.494 e.